The number of amides is 1. The summed E-state index contributed by atoms with van der Waals surface area (Å²) in [7, 11) is 0. The molecule has 2 aromatic rings. The van der Waals surface area contributed by atoms with Gasteiger partial charge in [-0.15, -0.1) is 0 Å². The lowest BCUT2D eigenvalue weighted by Crippen LogP contribution is -2.27. The van der Waals surface area contributed by atoms with E-state index in [2.05, 4.69) is 16.5 Å². The number of hydrogen-bond acceptors (Lipinski definition) is 4. The first-order valence-electron chi connectivity index (χ1n) is 6.35. The highest BCUT2D eigenvalue weighted by atomic mass is 16.3. The number of carbonyl (C=O) groups excluding carboxylic acids is 1. The van der Waals surface area contributed by atoms with Gasteiger partial charge in [-0.05, 0) is 5.56 Å². The molecule has 105 valence electrons. The number of hydrogen-bond donors (Lipinski definition) is 3. The van der Waals surface area contributed by atoms with Crippen molar-refractivity contribution in [2.75, 3.05) is 13.1 Å². The first-order valence-corrected chi connectivity index (χ1v) is 6.35. The van der Waals surface area contributed by atoms with Gasteiger partial charge in [0.1, 0.15) is 6.20 Å². The van der Waals surface area contributed by atoms with E-state index >= 15 is 0 Å². The Balaban J connectivity index is 1.77. The summed E-state index contributed by atoms with van der Waals surface area (Å²) >= 11 is 0. The zero-order valence-electron chi connectivity index (χ0n) is 11.0. The lowest BCUT2D eigenvalue weighted by atomic mass is 10.1. The molecule has 1 aromatic carbocycles. The quantitative estimate of drug-likeness (QED) is 0.624. The monoisotopic (exact) mass is 273 g/mol. The Labute approximate surface area is 117 Å². The van der Waals surface area contributed by atoms with Crippen LogP contribution in [0, 0.1) is 6.20 Å². The van der Waals surface area contributed by atoms with Gasteiger partial charge in [0, 0.05) is 25.8 Å². The van der Waals surface area contributed by atoms with Crippen molar-refractivity contribution in [2.24, 2.45) is 5.73 Å². The highest BCUT2D eigenvalue weighted by Crippen LogP contribution is 2.10. The van der Waals surface area contributed by atoms with Gasteiger partial charge in [-0.3, -0.25) is 4.79 Å². The maximum absolute atomic E-state index is 11.1. The first-order chi connectivity index (χ1) is 9.68. The number of carbonyl (C=O) groups is 1. The average Bonchev–Trinajstić information content (AvgIpc) is 2.93. The molecule has 0 saturated heterocycles. The molecule has 6 heteroatoms. The van der Waals surface area contributed by atoms with E-state index in [0.717, 1.165) is 5.56 Å². The lowest BCUT2D eigenvalue weighted by molar-refractivity contribution is 0.0986. The minimum atomic E-state index is -0.574. The molecule has 0 aliphatic carbocycles. The molecule has 6 nitrogen and oxygen atoms in total. The van der Waals surface area contributed by atoms with E-state index in [1.807, 2.05) is 30.3 Å². The van der Waals surface area contributed by atoms with Crippen molar-refractivity contribution < 1.29 is 9.90 Å². The van der Waals surface area contributed by atoms with Crippen molar-refractivity contribution in [2.45, 2.75) is 12.6 Å². The summed E-state index contributed by atoms with van der Waals surface area (Å²) in [5.41, 5.74) is 6.05. The summed E-state index contributed by atoms with van der Waals surface area (Å²) in [4.78, 5) is 14.8. The molecule has 1 radical (unpaired) electrons. The molecule has 0 spiro atoms. The standard InChI is InChI=1S/C14H17N4O2/c15-13(20)14-17-7-9-18(14)8-6-16-10-12(19)11-4-2-1-3-5-11/h1-5,9,12,16,19H,6,8,10H2,(H2,15,20). The van der Waals surface area contributed by atoms with Crippen LogP contribution in [-0.4, -0.2) is 33.7 Å². The van der Waals surface area contributed by atoms with Crippen LogP contribution in [-0.2, 0) is 6.54 Å². The van der Waals surface area contributed by atoms with Crippen LogP contribution in [0.5, 0.6) is 0 Å². The Bertz CT molecular complexity index is 553. The third-order valence-electron chi connectivity index (χ3n) is 2.93. The van der Waals surface area contributed by atoms with Gasteiger partial charge in [-0.2, -0.15) is 0 Å². The third-order valence-corrected chi connectivity index (χ3v) is 2.93. The highest BCUT2D eigenvalue weighted by Gasteiger charge is 2.09. The Morgan fingerprint density at radius 1 is 1.45 bits per heavy atom. The van der Waals surface area contributed by atoms with Gasteiger partial charge >= 0.3 is 0 Å². The summed E-state index contributed by atoms with van der Waals surface area (Å²) in [6, 6.07) is 9.44. The molecule has 0 saturated carbocycles. The molecule has 0 fully saturated rings. The number of rotatable bonds is 7. The predicted molar refractivity (Wildman–Crippen MR) is 73.9 cm³/mol. The number of nitrogens with two attached hydrogens (primary N) is 1. The second-order valence-corrected chi connectivity index (χ2v) is 4.38. The molecule has 1 heterocycles. The van der Waals surface area contributed by atoms with Crippen LogP contribution in [0.3, 0.4) is 0 Å². The van der Waals surface area contributed by atoms with Crippen LogP contribution in [0.4, 0.5) is 0 Å². The Kier molecular flexibility index (Phi) is 4.86. The summed E-state index contributed by atoms with van der Waals surface area (Å²) in [5, 5.41) is 13.1. The zero-order chi connectivity index (χ0) is 14.4. The molecule has 4 N–H and O–H groups in total. The molecular formula is C14H17N4O2. The smallest absolute Gasteiger partial charge is 0.284 e. The maximum atomic E-state index is 11.1. The number of nitrogens with zero attached hydrogens (tertiary/aromatic N) is 2. The van der Waals surface area contributed by atoms with Crippen LogP contribution >= 0.6 is 0 Å². The van der Waals surface area contributed by atoms with E-state index in [9.17, 15) is 9.90 Å². The van der Waals surface area contributed by atoms with Gasteiger partial charge in [0.25, 0.3) is 5.91 Å². The van der Waals surface area contributed by atoms with E-state index in [-0.39, 0.29) is 5.82 Å². The molecule has 0 aliphatic heterocycles. The number of aliphatic hydroxyl groups is 1. The van der Waals surface area contributed by atoms with Crippen molar-refractivity contribution in [1.82, 2.24) is 14.9 Å². The Morgan fingerprint density at radius 2 is 2.20 bits per heavy atom. The summed E-state index contributed by atoms with van der Waals surface area (Å²) in [5.74, 6) is -0.383. The molecule has 1 unspecified atom stereocenters. The molecule has 0 aliphatic rings. The van der Waals surface area contributed by atoms with E-state index in [1.54, 1.807) is 10.8 Å². The number of primary amides is 1. The molecule has 1 aromatic heterocycles. The number of benzene rings is 1. The third kappa shape index (κ3) is 3.66. The second kappa shape index (κ2) is 6.83. The fraction of sp³-hybridized carbons (Fsp3) is 0.286. The van der Waals surface area contributed by atoms with Crippen LogP contribution < -0.4 is 11.1 Å². The number of aliphatic hydroxyl groups excluding tert-OH is 1. The van der Waals surface area contributed by atoms with Crippen molar-refractivity contribution in [3.63, 3.8) is 0 Å². The summed E-state index contributed by atoms with van der Waals surface area (Å²) in [6.07, 6.45) is 3.61. The molecule has 1 atom stereocenters. The van der Waals surface area contributed by atoms with Gasteiger partial charge < -0.3 is 20.7 Å². The summed E-state index contributed by atoms with van der Waals surface area (Å²) in [6.45, 7) is 1.57. The normalized spacial score (nSPS) is 12.2. The zero-order valence-corrected chi connectivity index (χ0v) is 11.0. The van der Waals surface area contributed by atoms with Crippen molar-refractivity contribution in [1.29, 1.82) is 0 Å². The van der Waals surface area contributed by atoms with E-state index in [0.29, 0.717) is 19.6 Å². The molecule has 1 amide bonds. The molecular weight excluding hydrogens is 256 g/mol. The van der Waals surface area contributed by atoms with Gasteiger partial charge in [0.05, 0.1) is 6.10 Å². The van der Waals surface area contributed by atoms with Crippen LogP contribution in [0.2, 0.25) is 0 Å². The topological polar surface area (TPSA) is 93.2 Å². The van der Waals surface area contributed by atoms with E-state index in [1.165, 1.54) is 0 Å². The number of imidazole rings is 1. The fourth-order valence-corrected chi connectivity index (χ4v) is 1.88. The molecule has 20 heavy (non-hydrogen) atoms. The minimum absolute atomic E-state index is 0.190. The van der Waals surface area contributed by atoms with Gasteiger partial charge in [0.15, 0.2) is 5.82 Å². The lowest BCUT2D eigenvalue weighted by Gasteiger charge is -2.12. The van der Waals surface area contributed by atoms with E-state index < -0.39 is 12.0 Å². The molecule has 2 rings (SSSR count). The molecule has 0 bridgehead atoms. The Hall–Kier alpha value is -2.18. The van der Waals surface area contributed by atoms with Crippen LogP contribution in [0.1, 0.15) is 22.3 Å². The van der Waals surface area contributed by atoms with Gasteiger partial charge in [-0.1, -0.05) is 30.3 Å². The van der Waals surface area contributed by atoms with Gasteiger partial charge in [0.2, 0.25) is 0 Å². The second-order valence-electron chi connectivity index (χ2n) is 4.38. The van der Waals surface area contributed by atoms with Crippen LogP contribution in [0.25, 0.3) is 0 Å². The van der Waals surface area contributed by atoms with Crippen LogP contribution in [0.15, 0.2) is 36.5 Å². The van der Waals surface area contributed by atoms with Crippen molar-refractivity contribution in [3.8, 4) is 0 Å². The van der Waals surface area contributed by atoms with Crippen molar-refractivity contribution in [3.05, 3.63) is 54.1 Å². The first kappa shape index (κ1) is 14.2. The largest absolute Gasteiger partial charge is 0.387 e. The van der Waals surface area contributed by atoms with Gasteiger partial charge in [-0.25, -0.2) is 4.98 Å². The highest BCUT2D eigenvalue weighted by molar-refractivity contribution is 5.89. The average molecular weight is 273 g/mol. The number of aromatic nitrogens is 2. The Morgan fingerprint density at radius 3 is 2.90 bits per heavy atom. The minimum Gasteiger partial charge on any atom is -0.387 e. The predicted octanol–water partition coefficient (Wildman–Crippen LogP) is 0.105. The maximum Gasteiger partial charge on any atom is 0.284 e. The summed E-state index contributed by atoms with van der Waals surface area (Å²) < 4.78 is 1.63. The van der Waals surface area contributed by atoms with Crippen molar-refractivity contribution >= 4 is 5.91 Å². The SMILES string of the molecule is NC(=O)c1n[c]cn1CCNCC(O)c1ccccc1. The number of nitrogens with one attached hydrogen (secondary N) is 1. The fourth-order valence-electron chi connectivity index (χ4n) is 1.88. The van der Waals surface area contributed by atoms with E-state index in [4.69, 9.17) is 5.73 Å².